The van der Waals surface area contributed by atoms with Crippen LogP contribution in [0, 0.1) is 12.3 Å². The lowest BCUT2D eigenvalue weighted by Gasteiger charge is -2.37. The van der Waals surface area contributed by atoms with E-state index in [-0.39, 0.29) is 16.4 Å². The van der Waals surface area contributed by atoms with Crippen LogP contribution in [0.5, 0.6) is 5.75 Å². The molecule has 0 fully saturated rings. The normalized spacial score (nSPS) is 21.4. The molecule has 0 saturated carbocycles. The molecule has 3 heteroatoms. The minimum atomic E-state index is -0.0404. The van der Waals surface area contributed by atoms with Crippen molar-refractivity contribution in [3.63, 3.8) is 0 Å². The lowest BCUT2D eigenvalue weighted by Crippen LogP contribution is -2.31. The minimum absolute atomic E-state index is 0.00579. The number of allylic oxidation sites excluding steroid dienone is 1. The summed E-state index contributed by atoms with van der Waals surface area (Å²) >= 11 is 1.75. The molecule has 2 aromatic carbocycles. The predicted molar refractivity (Wildman–Crippen MR) is 102 cm³/mol. The van der Waals surface area contributed by atoms with E-state index in [0.29, 0.717) is 6.42 Å². The fourth-order valence-electron chi connectivity index (χ4n) is 3.61. The number of rotatable bonds is 2. The molecule has 0 spiro atoms. The molecule has 1 aliphatic heterocycles. The average molecular weight is 350 g/mol. The predicted octanol–water partition coefficient (Wildman–Crippen LogP) is 5.86. The maximum Gasteiger partial charge on any atom is 0.164 e. The molecule has 1 atom stereocenters. The van der Waals surface area contributed by atoms with Crippen LogP contribution in [0.15, 0.2) is 64.8 Å². The monoisotopic (exact) mass is 350 g/mol. The number of para-hydroxylation sites is 1. The third kappa shape index (κ3) is 3.13. The number of ether oxygens (including phenoxy) is 1. The second kappa shape index (κ2) is 6.06. The molecule has 4 rings (SSSR count). The largest absolute Gasteiger partial charge is 0.461 e. The van der Waals surface area contributed by atoms with Gasteiger partial charge in [0.1, 0.15) is 11.5 Å². The summed E-state index contributed by atoms with van der Waals surface area (Å²) in [5, 5.41) is 0.00579. The average Bonchev–Trinajstić information content (AvgIpc) is 2.55. The van der Waals surface area contributed by atoms with Gasteiger partial charge in [-0.25, -0.2) is 0 Å². The Morgan fingerprint density at radius 1 is 1.04 bits per heavy atom. The second-order valence-corrected chi connectivity index (χ2v) is 8.91. The van der Waals surface area contributed by atoms with Crippen molar-refractivity contribution in [3.8, 4) is 5.75 Å². The number of Topliss-reactive ketones (excluding diaryl/α,β-unsaturated/α-hetero) is 1. The molecule has 25 heavy (non-hydrogen) atoms. The fourth-order valence-corrected chi connectivity index (χ4v) is 4.88. The third-order valence-electron chi connectivity index (χ3n) is 4.85. The first kappa shape index (κ1) is 16.5. The van der Waals surface area contributed by atoms with Crippen LogP contribution in [-0.2, 0) is 4.79 Å². The Balaban J connectivity index is 1.79. The van der Waals surface area contributed by atoms with Crippen LogP contribution in [-0.4, -0.2) is 5.78 Å². The number of fused-ring (bicyclic) bond motifs is 1. The third-order valence-corrected chi connectivity index (χ3v) is 6.12. The van der Waals surface area contributed by atoms with Crippen LogP contribution in [0.25, 0.3) is 0 Å². The Kier molecular flexibility index (Phi) is 3.99. The van der Waals surface area contributed by atoms with E-state index in [1.54, 1.807) is 11.8 Å². The quantitative estimate of drug-likeness (QED) is 0.678. The summed E-state index contributed by atoms with van der Waals surface area (Å²) in [7, 11) is 0. The molecule has 0 N–H and O–H groups in total. The van der Waals surface area contributed by atoms with E-state index in [4.69, 9.17) is 4.74 Å². The molecule has 0 amide bonds. The van der Waals surface area contributed by atoms with Gasteiger partial charge in [0.15, 0.2) is 5.78 Å². The number of carbonyl (C=O) groups excluding carboxylic acids is 1. The first-order chi connectivity index (χ1) is 11.9. The number of thioether (sulfide) groups is 1. The fraction of sp³-hybridized carbons (Fsp3) is 0.318. The highest BCUT2D eigenvalue weighted by Gasteiger charge is 2.41. The van der Waals surface area contributed by atoms with Gasteiger partial charge in [0, 0.05) is 23.3 Å². The van der Waals surface area contributed by atoms with Crippen molar-refractivity contribution in [2.24, 2.45) is 5.41 Å². The van der Waals surface area contributed by atoms with Crippen molar-refractivity contribution in [1.29, 1.82) is 0 Å². The number of ketones is 1. The van der Waals surface area contributed by atoms with E-state index in [1.165, 1.54) is 10.5 Å². The molecule has 0 aromatic heterocycles. The van der Waals surface area contributed by atoms with Gasteiger partial charge in [-0.2, -0.15) is 0 Å². The highest BCUT2D eigenvalue weighted by Crippen LogP contribution is 2.53. The smallest absolute Gasteiger partial charge is 0.164 e. The van der Waals surface area contributed by atoms with Gasteiger partial charge in [0.25, 0.3) is 0 Å². The molecule has 0 bridgehead atoms. The van der Waals surface area contributed by atoms with Crippen molar-refractivity contribution in [1.82, 2.24) is 0 Å². The van der Waals surface area contributed by atoms with E-state index in [1.807, 2.05) is 18.2 Å². The van der Waals surface area contributed by atoms with Gasteiger partial charge < -0.3 is 4.74 Å². The van der Waals surface area contributed by atoms with Gasteiger partial charge in [-0.05, 0) is 30.5 Å². The topological polar surface area (TPSA) is 26.3 Å². The van der Waals surface area contributed by atoms with Gasteiger partial charge in [0.2, 0.25) is 0 Å². The van der Waals surface area contributed by atoms with Crippen LogP contribution in [0.2, 0.25) is 0 Å². The highest BCUT2D eigenvalue weighted by atomic mass is 32.2. The molecule has 1 heterocycles. The summed E-state index contributed by atoms with van der Waals surface area (Å²) in [5.74, 6) is 1.98. The number of aryl methyl sites for hydroxylation is 1. The molecule has 0 radical (unpaired) electrons. The van der Waals surface area contributed by atoms with Gasteiger partial charge in [0.05, 0.1) is 10.8 Å². The van der Waals surface area contributed by atoms with Crippen LogP contribution in [0.4, 0.5) is 0 Å². The van der Waals surface area contributed by atoms with Crippen molar-refractivity contribution in [2.75, 3.05) is 0 Å². The standard InChI is InChI=1S/C22H22O2S/c1-14-8-10-15(11-9-14)25-21-16-6-4-5-7-18(16)24-19-13-22(2,3)12-17(23)20(19)21/h4-11,21H,12-13H2,1-3H3. The van der Waals surface area contributed by atoms with E-state index in [2.05, 4.69) is 51.1 Å². The van der Waals surface area contributed by atoms with E-state index in [0.717, 1.165) is 29.1 Å². The molecular formula is C22H22O2S. The molecule has 1 unspecified atom stereocenters. The summed E-state index contributed by atoms with van der Waals surface area (Å²) in [6.45, 7) is 6.37. The zero-order chi connectivity index (χ0) is 17.6. The van der Waals surface area contributed by atoms with Gasteiger partial charge in [-0.15, -0.1) is 11.8 Å². The van der Waals surface area contributed by atoms with Crippen LogP contribution in [0.1, 0.15) is 43.1 Å². The molecule has 2 nitrogen and oxygen atoms in total. The van der Waals surface area contributed by atoms with Crippen LogP contribution >= 0.6 is 11.8 Å². The zero-order valence-electron chi connectivity index (χ0n) is 14.8. The summed E-state index contributed by atoms with van der Waals surface area (Å²) < 4.78 is 6.17. The minimum Gasteiger partial charge on any atom is -0.461 e. The van der Waals surface area contributed by atoms with Crippen LogP contribution < -0.4 is 4.74 Å². The molecular weight excluding hydrogens is 328 g/mol. The van der Waals surface area contributed by atoms with E-state index in [9.17, 15) is 4.79 Å². The van der Waals surface area contributed by atoms with Gasteiger partial charge >= 0.3 is 0 Å². The summed E-state index contributed by atoms with van der Waals surface area (Å²) in [6, 6.07) is 16.6. The number of hydrogen-bond acceptors (Lipinski definition) is 3. The van der Waals surface area contributed by atoms with Gasteiger partial charge in [-0.3, -0.25) is 4.79 Å². The highest BCUT2D eigenvalue weighted by molar-refractivity contribution is 7.99. The van der Waals surface area contributed by atoms with Crippen molar-refractivity contribution in [2.45, 2.75) is 43.8 Å². The van der Waals surface area contributed by atoms with Gasteiger partial charge in [-0.1, -0.05) is 49.7 Å². The molecule has 1 aliphatic carbocycles. The molecule has 2 aromatic rings. The maximum atomic E-state index is 13.0. The molecule has 2 aliphatic rings. The summed E-state index contributed by atoms with van der Waals surface area (Å²) in [4.78, 5) is 14.1. The second-order valence-electron chi connectivity index (χ2n) is 7.73. The summed E-state index contributed by atoms with van der Waals surface area (Å²) in [5.41, 5.74) is 3.16. The zero-order valence-corrected chi connectivity index (χ0v) is 15.7. The van der Waals surface area contributed by atoms with Crippen molar-refractivity contribution >= 4 is 17.5 Å². The number of benzene rings is 2. The lowest BCUT2D eigenvalue weighted by atomic mass is 9.74. The summed E-state index contributed by atoms with van der Waals surface area (Å²) in [6.07, 6.45) is 1.40. The van der Waals surface area contributed by atoms with E-state index < -0.39 is 0 Å². The first-order valence-corrected chi connectivity index (χ1v) is 9.57. The molecule has 0 saturated heterocycles. The SMILES string of the molecule is Cc1ccc(SC2C3=C(CC(C)(C)CC3=O)Oc3ccccc32)cc1. The van der Waals surface area contributed by atoms with Crippen LogP contribution in [0.3, 0.4) is 0 Å². The number of carbonyl (C=O) groups is 1. The Morgan fingerprint density at radius 2 is 1.76 bits per heavy atom. The van der Waals surface area contributed by atoms with Crippen molar-refractivity contribution < 1.29 is 9.53 Å². The van der Waals surface area contributed by atoms with E-state index >= 15 is 0 Å². The first-order valence-electron chi connectivity index (χ1n) is 8.69. The maximum absolute atomic E-state index is 13.0. The lowest BCUT2D eigenvalue weighted by molar-refractivity contribution is -0.118. The molecule has 128 valence electrons. The Bertz CT molecular complexity index is 862. The van der Waals surface area contributed by atoms with Crippen molar-refractivity contribution in [3.05, 3.63) is 71.0 Å². The Labute approximate surface area is 153 Å². The Morgan fingerprint density at radius 3 is 2.52 bits per heavy atom. The Hall–Kier alpha value is -2.00. The number of hydrogen-bond donors (Lipinski definition) is 0.